The molecule has 1 aliphatic heterocycles. The summed E-state index contributed by atoms with van der Waals surface area (Å²) in [5, 5.41) is 2.88. The number of carbonyl (C=O) groups is 1. The van der Waals surface area contributed by atoms with Crippen molar-refractivity contribution in [3.05, 3.63) is 17.7 Å². The summed E-state index contributed by atoms with van der Waals surface area (Å²) < 4.78 is 25.6. The van der Waals surface area contributed by atoms with E-state index in [1.807, 2.05) is 17.7 Å². The normalized spacial score (nSPS) is 18.9. The summed E-state index contributed by atoms with van der Waals surface area (Å²) in [5.74, 6) is 0.768. The van der Waals surface area contributed by atoms with Gasteiger partial charge in [0.15, 0.2) is 0 Å². The Morgan fingerprint density at radius 3 is 2.95 bits per heavy atom. The van der Waals surface area contributed by atoms with Gasteiger partial charge in [-0.25, -0.2) is 13.4 Å². The second kappa shape index (κ2) is 5.53. The number of hydrogen-bond donors (Lipinski definition) is 1. The summed E-state index contributed by atoms with van der Waals surface area (Å²) in [6.45, 7) is 2.48. The molecule has 8 heteroatoms. The highest BCUT2D eigenvalue weighted by atomic mass is 32.2. The molecule has 1 amide bonds. The number of fused-ring (bicyclic) bond motifs is 1. The molecule has 20 heavy (non-hydrogen) atoms. The minimum atomic E-state index is -3.33. The lowest BCUT2D eigenvalue weighted by molar-refractivity contribution is -0.122. The average Bonchev–Trinajstić information content (AvgIpc) is 2.66. The molecular weight excluding hydrogens is 280 g/mol. The van der Waals surface area contributed by atoms with Crippen molar-refractivity contribution in [2.45, 2.75) is 32.4 Å². The third-order valence-corrected chi connectivity index (χ3v) is 4.67. The molecule has 0 fully saturated rings. The molecular formula is C12H20N4O3S. The Bertz CT molecular complexity index is 608. The number of likely N-dealkylation sites (N-methyl/N-ethyl adjacent to an activating group) is 1. The van der Waals surface area contributed by atoms with Crippen molar-refractivity contribution in [3.63, 3.8) is 0 Å². The highest BCUT2D eigenvalue weighted by Gasteiger charge is 2.22. The van der Waals surface area contributed by atoms with Crippen LogP contribution in [0.3, 0.4) is 0 Å². The van der Waals surface area contributed by atoms with Crippen molar-refractivity contribution in [3.8, 4) is 0 Å². The van der Waals surface area contributed by atoms with Crippen molar-refractivity contribution in [1.29, 1.82) is 0 Å². The molecule has 0 aliphatic carbocycles. The number of nitrogens with zero attached hydrogens (tertiary/aromatic N) is 3. The van der Waals surface area contributed by atoms with E-state index in [9.17, 15) is 13.2 Å². The number of rotatable bonds is 4. The molecule has 1 N–H and O–H groups in total. The van der Waals surface area contributed by atoms with Crippen molar-refractivity contribution >= 4 is 15.9 Å². The monoisotopic (exact) mass is 300 g/mol. The zero-order valence-corrected chi connectivity index (χ0v) is 12.8. The molecule has 2 heterocycles. The van der Waals surface area contributed by atoms with Gasteiger partial charge in [0.1, 0.15) is 5.82 Å². The lowest BCUT2D eigenvalue weighted by atomic mass is 10.1. The number of amides is 1. The van der Waals surface area contributed by atoms with E-state index in [2.05, 4.69) is 10.3 Å². The predicted octanol–water partition coefficient (Wildman–Crippen LogP) is -0.486. The second-order valence-electron chi connectivity index (χ2n) is 5.27. The lowest BCUT2D eigenvalue weighted by Gasteiger charge is -2.25. The molecule has 0 bridgehead atoms. The molecule has 0 saturated carbocycles. The van der Waals surface area contributed by atoms with Crippen molar-refractivity contribution < 1.29 is 13.2 Å². The third kappa shape index (κ3) is 3.57. The van der Waals surface area contributed by atoms with Gasteiger partial charge in [-0.05, 0) is 13.3 Å². The summed E-state index contributed by atoms with van der Waals surface area (Å²) in [6.07, 6.45) is 4.70. The van der Waals surface area contributed by atoms with Crippen LogP contribution in [0, 0.1) is 6.92 Å². The maximum absolute atomic E-state index is 11.8. The summed E-state index contributed by atoms with van der Waals surface area (Å²) in [5.41, 5.74) is 0.976. The Hall–Kier alpha value is -1.41. The molecule has 0 spiro atoms. The Labute approximate surface area is 119 Å². The van der Waals surface area contributed by atoms with Gasteiger partial charge in [-0.2, -0.15) is 4.31 Å². The van der Waals surface area contributed by atoms with Gasteiger partial charge in [0.05, 0.1) is 18.5 Å². The van der Waals surface area contributed by atoms with Crippen LogP contribution in [-0.4, -0.2) is 54.1 Å². The Balaban J connectivity index is 1.91. The molecule has 1 atom stereocenters. The second-order valence-corrected chi connectivity index (χ2v) is 7.36. The van der Waals surface area contributed by atoms with E-state index in [0.717, 1.165) is 34.9 Å². The van der Waals surface area contributed by atoms with Crippen LogP contribution in [0.1, 0.15) is 17.9 Å². The smallest absolute Gasteiger partial charge is 0.235 e. The minimum absolute atomic E-state index is 0.0246. The summed E-state index contributed by atoms with van der Waals surface area (Å²) in [6, 6.07) is 0.0246. The minimum Gasteiger partial charge on any atom is -0.350 e. The van der Waals surface area contributed by atoms with Crippen LogP contribution in [0.2, 0.25) is 0 Å². The summed E-state index contributed by atoms with van der Waals surface area (Å²) >= 11 is 0. The largest absolute Gasteiger partial charge is 0.350 e. The van der Waals surface area contributed by atoms with Gasteiger partial charge in [0, 0.05) is 32.3 Å². The number of aryl methyl sites for hydroxylation is 2. The maximum atomic E-state index is 11.8. The van der Waals surface area contributed by atoms with E-state index in [4.69, 9.17) is 0 Å². The van der Waals surface area contributed by atoms with Gasteiger partial charge in [-0.1, -0.05) is 0 Å². The van der Waals surface area contributed by atoms with E-state index in [1.54, 1.807) is 0 Å². The number of imidazole rings is 1. The quantitative estimate of drug-likeness (QED) is 0.813. The molecule has 0 aromatic carbocycles. The molecule has 1 aliphatic rings. The first kappa shape index (κ1) is 15.0. The van der Waals surface area contributed by atoms with Crippen molar-refractivity contribution in [1.82, 2.24) is 19.2 Å². The number of carbonyl (C=O) groups excluding carboxylic acids is 1. The Morgan fingerprint density at radius 1 is 1.60 bits per heavy atom. The van der Waals surface area contributed by atoms with Gasteiger partial charge in [0.2, 0.25) is 15.9 Å². The number of hydrogen-bond acceptors (Lipinski definition) is 4. The molecule has 0 radical (unpaired) electrons. The zero-order chi connectivity index (χ0) is 14.9. The number of aromatic nitrogens is 2. The molecule has 7 nitrogen and oxygen atoms in total. The van der Waals surface area contributed by atoms with E-state index in [1.165, 1.54) is 7.05 Å². The third-order valence-electron chi connectivity index (χ3n) is 3.41. The van der Waals surface area contributed by atoms with E-state index in [-0.39, 0.29) is 18.5 Å². The number of nitrogens with one attached hydrogen (secondary N) is 1. The molecule has 112 valence electrons. The van der Waals surface area contributed by atoms with E-state index < -0.39 is 10.0 Å². The van der Waals surface area contributed by atoms with Gasteiger partial charge in [-0.15, -0.1) is 0 Å². The SMILES string of the molecule is Cc1cn2c(n1)CC[C@H](NC(=O)CN(C)S(C)(=O)=O)C2. The van der Waals surface area contributed by atoms with Gasteiger partial charge >= 0.3 is 0 Å². The van der Waals surface area contributed by atoms with Gasteiger partial charge < -0.3 is 9.88 Å². The fourth-order valence-electron chi connectivity index (χ4n) is 2.30. The van der Waals surface area contributed by atoms with Crippen molar-refractivity contribution in [2.24, 2.45) is 0 Å². The zero-order valence-electron chi connectivity index (χ0n) is 12.0. The molecule has 2 rings (SSSR count). The first-order valence-electron chi connectivity index (χ1n) is 6.49. The standard InChI is InChI=1S/C12H20N4O3S/c1-9-6-16-7-10(4-5-11(16)13-9)14-12(17)8-15(2)20(3,18)19/h6,10H,4-5,7-8H2,1-3H3,(H,14,17)/t10-/m0/s1. The van der Waals surface area contributed by atoms with Crippen LogP contribution >= 0.6 is 0 Å². The molecule has 1 aromatic heterocycles. The Kier molecular flexibility index (Phi) is 4.14. The first-order valence-corrected chi connectivity index (χ1v) is 8.34. The predicted molar refractivity (Wildman–Crippen MR) is 74.7 cm³/mol. The van der Waals surface area contributed by atoms with E-state index >= 15 is 0 Å². The molecule has 0 saturated heterocycles. The van der Waals surface area contributed by atoms with E-state index in [0.29, 0.717) is 6.54 Å². The fraction of sp³-hybridized carbons (Fsp3) is 0.667. The Morgan fingerprint density at radius 2 is 2.30 bits per heavy atom. The number of sulfonamides is 1. The highest BCUT2D eigenvalue weighted by molar-refractivity contribution is 7.88. The topological polar surface area (TPSA) is 84.3 Å². The van der Waals surface area contributed by atoms with Crippen LogP contribution in [0.5, 0.6) is 0 Å². The molecule has 0 unspecified atom stereocenters. The fourth-order valence-corrected chi connectivity index (χ4v) is 2.65. The highest BCUT2D eigenvalue weighted by Crippen LogP contribution is 2.14. The van der Waals surface area contributed by atoms with Crippen LogP contribution in [0.15, 0.2) is 6.20 Å². The summed E-state index contributed by atoms with van der Waals surface area (Å²) in [7, 11) is -1.93. The average molecular weight is 300 g/mol. The summed E-state index contributed by atoms with van der Waals surface area (Å²) in [4.78, 5) is 16.3. The lowest BCUT2D eigenvalue weighted by Crippen LogP contribution is -2.45. The van der Waals surface area contributed by atoms with Crippen LogP contribution in [0.4, 0.5) is 0 Å². The van der Waals surface area contributed by atoms with Crippen LogP contribution < -0.4 is 5.32 Å². The van der Waals surface area contributed by atoms with Crippen LogP contribution in [-0.2, 0) is 27.8 Å². The first-order chi connectivity index (χ1) is 9.25. The van der Waals surface area contributed by atoms with Crippen molar-refractivity contribution in [2.75, 3.05) is 19.8 Å². The van der Waals surface area contributed by atoms with Crippen LogP contribution in [0.25, 0.3) is 0 Å². The van der Waals surface area contributed by atoms with Gasteiger partial charge in [0.25, 0.3) is 0 Å². The molecule has 1 aromatic rings. The van der Waals surface area contributed by atoms with Gasteiger partial charge in [-0.3, -0.25) is 4.79 Å². The maximum Gasteiger partial charge on any atom is 0.235 e.